The Balaban J connectivity index is 1.44. The molecule has 2 atom stereocenters. The zero-order valence-corrected chi connectivity index (χ0v) is 20.5. The number of carbonyl (C=O) groups is 2. The fraction of sp³-hybridized carbons (Fsp3) is 0.321. The largest absolute Gasteiger partial charge is 0.493 e. The Bertz CT molecular complexity index is 1240. The first-order valence-electron chi connectivity index (χ1n) is 12.0. The van der Waals surface area contributed by atoms with E-state index in [4.69, 9.17) is 13.9 Å². The molecule has 0 bridgehead atoms. The molecule has 0 aliphatic carbocycles. The molecule has 0 spiro atoms. The predicted octanol–water partition coefficient (Wildman–Crippen LogP) is 5.08. The van der Waals surface area contributed by atoms with Crippen molar-refractivity contribution in [3.8, 4) is 17.2 Å². The maximum Gasteiger partial charge on any atom is 0.409 e. The molecule has 36 heavy (non-hydrogen) atoms. The molecule has 1 saturated heterocycles. The summed E-state index contributed by atoms with van der Waals surface area (Å²) >= 11 is 0. The van der Waals surface area contributed by atoms with Crippen molar-refractivity contribution in [3.05, 3.63) is 83.8 Å². The fourth-order valence-corrected chi connectivity index (χ4v) is 4.48. The van der Waals surface area contributed by atoms with Crippen LogP contribution in [-0.2, 0) is 16.0 Å². The Kier molecular flexibility index (Phi) is 7.73. The summed E-state index contributed by atoms with van der Waals surface area (Å²) in [5.74, 6) is 0.282. The van der Waals surface area contributed by atoms with Crippen LogP contribution in [0.1, 0.15) is 29.9 Å². The molecule has 0 unspecified atom stereocenters. The second-order valence-corrected chi connectivity index (χ2v) is 8.71. The molecule has 2 heterocycles. The quantitative estimate of drug-likeness (QED) is 0.417. The van der Waals surface area contributed by atoms with Crippen LogP contribution in [0.2, 0.25) is 0 Å². The maximum atomic E-state index is 12.3. The summed E-state index contributed by atoms with van der Waals surface area (Å²) in [6.45, 7) is 8.64. The molecule has 8 heteroatoms. The summed E-state index contributed by atoms with van der Waals surface area (Å²) in [5.41, 5.74) is 2.72. The van der Waals surface area contributed by atoms with Gasteiger partial charge in [-0.1, -0.05) is 36.9 Å². The number of carboxylic acids is 1. The zero-order valence-electron chi connectivity index (χ0n) is 20.5. The Morgan fingerprint density at radius 3 is 2.67 bits per heavy atom. The molecule has 1 amide bonds. The van der Waals surface area contributed by atoms with Gasteiger partial charge in [-0.2, -0.15) is 0 Å². The van der Waals surface area contributed by atoms with Gasteiger partial charge < -0.3 is 23.9 Å². The van der Waals surface area contributed by atoms with E-state index in [9.17, 15) is 14.7 Å². The highest BCUT2D eigenvalue weighted by Gasteiger charge is 2.40. The summed E-state index contributed by atoms with van der Waals surface area (Å²) in [4.78, 5) is 30.1. The van der Waals surface area contributed by atoms with Crippen molar-refractivity contribution in [1.82, 2.24) is 9.88 Å². The lowest BCUT2D eigenvalue weighted by Gasteiger charge is -2.19. The highest BCUT2D eigenvalue weighted by Crippen LogP contribution is 2.38. The average molecular weight is 491 g/mol. The number of rotatable bonds is 9. The van der Waals surface area contributed by atoms with Crippen molar-refractivity contribution in [1.29, 1.82) is 0 Å². The average Bonchev–Trinajstić information content (AvgIpc) is 3.49. The first-order chi connectivity index (χ1) is 17.4. The number of hydrogen-bond donors (Lipinski definition) is 1. The number of carboxylic acid groups (broad SMARTS) is 1. The van der Waals surface area contributed by atoms with Crippen molar-refractivity contribution in [2.24, 2.45) is 5.92 Å². The van der Waals surface area contributed by atoms with E-state index < -0.39 is 18.0 Å². The van der Waals surface area contributed by atoms with E-state index in [1.54, 1.807) is 6.92 Å². The molecule has 0 radical (unpaired) electrons. The Hall–Kier alpha value is -4.07. The number of carbonyl (C=O) groups excluding carboxylic acids is 1. The van der Waals surface area contributed by atoms with E-state index in [1.807, 2.05) is 61.5 Å². The number of benzene rings is 2. The molecule has 0 saturated carbocycles. The minimum Gasteiger partial charge on any atom is -0.493 e. The van der Waals surface area contributed by atoms with Crippen LogP contribution < -0.4 is 4.74 Å². The van der Waals surface area contributed by atoms with Gasteiger partial charge in [0, 0.05) is 42.5 Å². The van der Waals surface area contributed by atoms with Gasteiger partial charge in [-0.15, -0.1) is 0 Å². The second kappa shape index (κ2) is 11.1. The number of aliphatic carboxylic acids is 1. The van der Waals surface area contributed by atoms with Crippen LogP contribution in [0.3, 0.4) is 0 Å². The summed E-state index contributed by atoms with van der Waals surface area (Å²) in [6.07, 6.45) is 0.124. The number of nitrogens with zero attached hydrogens (tertiary/aromatic N) is 2. The van der Waals surface area contributed by atoms with E-state index >= 15 is 0 Å². The number of amides is 1. The van der Waals surface area contributed by atoms with Crippen LogP contribution in [0.15, 0.2) is 71.2 Å². The van der Waals surface area contributed by atoms with Crippen molar-refractivity contribution >= 4 is 12.1 Å². The van der Waals surface area contributed by atoms with Gasteiger partial charge >= 0.3 is 12.1 Å². The van der Waals surface area contributed by atoms with Gasteiger partial charge in [0.2, 0.25) is 5.89 Å². The lowest BCUT2D eigenvalue weighted by Crippen LogP contribution is -2.30. The monoisotopic (exact) mass is 490 g/mol. The van der Waals surface area contributed by atoms with Crippen LogP contribution in [0.25, 0.3) is 11.5 Å². The standard InChI is InChI=1S/C28H30N2O6/c1-4-34-28(33)30-16-23(18(2)27(31)32)24(17-30)21-11-8-12-22(15-21)35-14-13-25-19(3)36-26(29-25)20-9-6-5-7-10-20/h5-12,15,23-24H,2,4,13-14,16-17H2,1,3H3,(H,31,32)/t23-,24-/m0/s1. The minimum absolute atomic E-state index is 0.0776. The molecule has 1 aromatic heterocycles. The minimum atomic E-state index is -1.07. The molecule has 188 valence electrons. The lowest BCUT2D eigenvalue weighted by atomic mass is 9.84. The van der Waals surface area contributed by atoms with Crippen LogP contribution in [0.4, 0.5) is 4.79 Å². The van der Waals surface area contributed by atoms with Crippen LogP contribution in [0.5, 0.6) is 5.75 Å². The Labute approximate surface area is 210 Å². The van der Waals surface area contributed by atoms with Gasteiger partial charge in [-0.3, -0.25) is 0 Å². The van der Waals surface area contributed by atoms with Gasteiger partial charge in [-0.25, -0.2) is 14.6 Å². The van der Waals surface area contributed by atoms with Gasteiger partial charge in [0.05, 0.1) is 18.9 Å². The molecule has 8 nitrogen and oxygen atoms in total. The number of aromatic nitrogens is 1. The van der Waals surface area contributed by atoms with Crippen molar-refractivity contribution in [3.63, 3.8) is 0 Å². The predicted molar refractivity (Wildman–Crippen MR) is 134 cm³/mol. The van der Waals surface area contributed by atoms with E-state index in [-0.39, 0.29) is 24.6 Å². The highest BCUT2D eigenvalue weighted by molar-refractivity contribution is 5.87. The number of hydrogen-bond acceptors (Lipinski definition) is 6. The molecular weight excluding hydrogens is 460 g/mol. The SMILES string of the molecule is C=C(C(=O)O)[C@@H]1CN(C(=O)OCC)C[C@H]1c1cccc(OCCc2nc(-c3ccccc3)oc2C)c1. The lowest BCUT2D eigenvalue weighted by molar-refractivity contribution is -0.133. The first-order valence-corrected chi connectivity index (χ1v) is 12.0. The van der Waals surface area contributed by atoms with Crippen LogP contribution >= 0.6 is 0 Å². The molecule has 3 aromatic rings. The normalized spacial score (nSPS) is 17.1. The molecule has 1 fully saturated rings. The van der Waals surface area contributed by atoms with Crippen LogP contribution in [-0.4, -0.2) is 53.4 Å². The van der Waals surface area contributed by atoms with E-state index in [2.05, 4.69) is 11.6 Å². The van der Waals surface area contributed by atoms with Crippen molar-refractivity contribution < 1.29 is 28.6 Å². The molecule has 1 aliphatic heterocycles. The van der Waals surface area contributed by atoms with Gasteiger partial charge in [0.25, 0.3) is 0 Å². The number of likely N-dealkylation sites (tertiary alicyclic amines) is 1. The van der Waals surface area contributed by atoms with Gasteiger partial charge in [0.15, 0.2) is 0 Å². The Morgan fingerprint density at radius 1 is 1.17 bits per heavy atom. The van der Waals surface area contributed by atoms with E-state index in [0.717, 1.165) is 22.6 Å². The van der Waals surface area contributed by atoms with E-state index in [0.29, 0.717) is 31.2 Å². The van der Waals surface area contributed by atoms with Crippen molar-refractivity contribution in [2.75, 3.05) is 26.3 Å². The van der Waals surface area contributed by atoms with Crippen molar-refractivity contribution in [2.45, 2.75) is 26.2 Å². The smallest absolute Gasteiger partial charge is 0.409 e. The third kappa shape index (κ3) is 5.59. The van der Waals surface area contributed by atoms with Gasteiger partial charge in [-0.05, 0) is 43.7 Å². The third-order valence-electron chi connectivity index (χ3n) is 6.38. The highest BCUT2D eigenvalue weighted by atomic mass is 16.6. The Morgan fingerprint density at radius 2 is 1.94 bits per heavy atom. The molecule has 1 aliphatic rings. The summed E-state index contributed by atoms with van der Waals surface area (Å²) in [6, 6.07) is 17.3. The molecule has 1 N–H and O–H groups in total. The topological polar surface area (TPSA) is 102 Å². The summed E-state index contributed by atoms with van der Waals surface area (Å²) in [7, 11) is 0. The first kappa shape index (κ1) is 25.0. The number of oxazole rings is 1. The molecule has 2 aromatic carbocycles. The van der Waals surface area contributed by atoms with Crippen LogP contribution in [0, 0.1) is 12.8 Å². The fourth-order valence-electron chi connectivity index (χ4n) is 4.48. The maximum absolute atomic E-state index is 12.3. The molecular formula is C28H30N2O6. The summed E-state index contributed by atoms with van der Waals surface area (Å²) < 4.78 is 17.0. The van der Waals surface area contributed by atoms with Gasteiger partial charge in [0.1, 0.15) is 11.5 Å². The van der Waals surface area contributed by atoms with E-state index in [1.165, 1.54) is 4.90 Å². The zero-order chi connectivity index (χ0) is 25.7. The summed E-state index contributed by atoms with van der Waals surface area (Å²) in [5, 5.41) is 9.54. The second-order valence-electron chi connectivity index (χ2n) is 8.71. The third-order valence-corrected chi connectivity index (χ3v) is 6.38. The number of aryl methyl sites for hydroxylation is 1. The number of ether oxygens (including phenoxy) is 2. The molecule has 4 rings (SSSR count).